The maximum Gasteiger partial charge on any atom is 0.182 e. The SMILES string of the molecule is CNc1nc(-c2ccccc2-c2cnc3c(c2)CCC(C=O)N3C)cs1. The average Bonchev–Trinajstić information content (AvgIpc) is 3.17. The Morgan fingerprint density at radius 1 is 1.31 bits per heavy atom. The first kappa shape index (κ1) is 16.7. The van der Waals surface area contributed by atoms with E-state index in [1.54, 1.807) is 11.3 Å². The van der Waals surface area contributed by atoms with E-state index >= 15 is 0 Å². The standard InChI is InChI=1S/C20H20N4OS/c1-21-20-23-18(12-26-20)17-6-4-3-5-16(17)14-9-13-7-8-15(11-25)24(2)19(13)22-10-14/h3-6,9-12,15H,7-8H2,1-2H3,(H,21,23). The highest BCUT2D eigenvalue weighted by Gasteiger charge is 2.24. The van der Waals surface area contributed by atoms with Gasteiger partial charge < -0.3 is 15.0 Å². The van der Waals surface area contributed by atoms with Crippen molar-refractivity contribution in [1.29, 1.82) is 0 Å². The first-order chi connectivity index (χ1) is 12.7. The summed E-state index contributed by atoms with van der Waals surface area (Å²) in [6.45, 7) is 0. The zero-order chi connectivity index (χ0) is 18.1. The van der Waals surface area contributed by atoms with Crippen molar-refractivity contribution < 1.29 is 4.79 Å². The molecule has 6 heteroatoms. The largest absolute Gasteiger partial charge is 0.365 e. The minimum atomic E-state index is -0.0805. The number of aldehydes is 1. The normalized spacial score (nSPS) is 16.2. The summed E-state index contributed by atoms with van der Waals surface area (Å²) < 4.78 is 0. The van der Waals surface area contributed by atoms with Gasteiger partial charge in [0.05, 0.1) is 11.7 Å². The predicted molar refractivity (Wildman–Crippen MR) is 107 cm³/mol. The zero-order valence-corrected chi connectivity index (χ0v) is 15.6. The number of anilines is 2. The number of benzene rings is 1. The second kappa shape index (κ2) is 6.88. The van der Waals surface area contributed by atoms with Crippen molar-refractivity contribution in [2.75, 3.05) is 24.3 Å². The van der Waals surface area contributed by atoms with Crippen LogP contribution < -0.4 is 10.2 Å². The minimum absolute atomic E-state index is 0.0805. The highest BCUT2D eigenvalue weighted by molar-refractivity contribution is 7.14. The first-order valence-electron chi connectivity index (χ1n) is 8.61. The molecule has 26 heavy (non-hydrogen) atoms. The van der Waals surface area contributed by atoms with Crippen molar-refractivity contribution in [2.24, 2.45) is 0 Å². The van der Waals surface area contributed by atoms with Crippen LogP contribution in [0.1, 0.15) is 12.0 Å². The number of fused-ring (bicyclic) bond motifs is 1. The predicted octanol–water partition coefficient (Wildman–Crippen LogP) is 3.86. The van der Waals surface area contributed by atoms with Crippen LogP contribution in [0.2, 0.25) is 0 Å². The topological polar surface area (TPSA) is 58.1 Å². The second-order valence-corrected chi connectivity index (χ2v) is 7.25. The summed E-state index contributed by atoms with van der Waals surface area (Å²) in [5, 5.41) is 6.06. The molecule has 0 saturated carbocycles. The van der Waals surface area contributed by atoms with Crippen LogP contribution in [0, 0.1) is 0 Å². The number of aryl methyl sites for hydroxylation is 1. The lowest BCUT2D eigenvalue weighted by Gasteiger charge is -2.31. The Morgan fingerprint density at radius 2 is 2.12 bits per heavy atom. The van der Waals surface area contributed by atoms with Gasteiger partial charge in [0.15, 0.2) is 5.13 Å². The van der Waals surface area contributed by atoms with Crippen LogP contribution in [0.25, 0.3) is 22.4 Å². The maximum absolute atomic E-state index is 11.2. The Kier molecular flexibility index (Phi) is 4.42. The van der Waals surface area contributed by atoms with E-state index in [9.17, 15) is 4.79 Å². The number of nitrogens with zero attached hydrogens (tertiary/aromatic N) is 3. The summed E-state index contributed by atoms with van der Waals surface area (Å²) >= 11 is 1.60. The molecular weight excluding hydrogens is 344 g/mol. The lowest BCUT2D eigenvalue weighted by atomic mass is 9.94. The monoisotopic (exact) mass is 364 g/mol. The van der Waals surface area contributed by atoms with Gasteiger partial charge in [0.1, 0.15) is 12.1 Å². The van der Waals surface area contributed by atoms with Crippen molar-refractivity contribution in [1.82, 2.24) is 9.97 Å². The van der Waals surface area contributed by atoms with Gasteiger partial charge in [-0.05, 0) is 30.0 Å². The quantitative estimate of drug-likeness (QED) is 0.712. The molecule has 3 heterocycles. The number of carbonyl (C=O) groups excluding carboxylic acids is 1. The molecule has 1 aliphatic rings. The van der Waals surface area contributed by atoms with Gasteiger partial charge in [-0.25, -0.2) is 9.97 Å². The third-order valence-corrected chi connectivity index (χ3v) is 5.73. The molecule has 0 bridgehead atoms. The average molecular weight is 364 g/mol. The number of likely N-dealkylation sites (N-methyl/N-ethyl adjacent to an activating group) is 1. The molecule has 1 unspecified atom stereocenters. The minimum Gasteiger partial charge on any atom is -0.365 e. The van der Waals surface area contributed by atoms with Gasteiger partial charge in [-0.1, -0.05) is 24.3 Å². The Bertz CT molecular complexity index is 952. The van der Waals surface area contributed by atoms with Gasteiger partial charge in [-0.15, -0.1) is 11.3 Å². The van der Waals surface area contributed by atoms with Crippen molar-refractivity contribution in [3.63, 3.8) is 0 Å². The molecule has 1 aliphatic heterocycles. The van der Waals surface area contributed by atoms with Crippen molar-refractivity contribution in [3.8, 4) is 22.4 Å². The summed E-state index contributed by atoms with van der Waals surface area (Å²) in [6.07, 6.45) is 4.60. The molecule has 132 valence electrons. The van der Waals surface area contributed by atoms with E-state index in [4.69, 9.17) is 0 Å². The number of aromatic nitrogens is 2. The lowest BCUT2D eigenvalue weighted by Crippen LogP contribution is -2.37. The van der Waals surface area contributed by atoms with Crippen LogP contribution in [0.4, 0.5) is 10.9 Å². The Morgan fingerprint density at radius 3 is 2.85 bits per heavy atom. The van der Waals surface area contributed by atoms with Crippen molar-refractivity contribution in [2.45, 2.75) is 18.9 Å². The first-order valence-corrected chi connectivity index (χ1v) is 9.49. The fraction of sp³-hybridized carbons (Fsp3) is 0.250. The van der Waals surface area contributed by atoms with E-state index < -0.39 is 0 Å². The molecule has 3 aromatic rings. The summed E-state index contributed by atoms with van der Waals surface area (Å²) in [6, 6.07) is 10.4. The number of pyridine rings is 1. The third kappa shape index (κ3) is 2.86. The van der Waals surface area contributed by atoms with Gasteiger partial charge in [-0.3, -0.25) is 0 Å². The van der Waals surface area contributed by atoms with E-state index in [0.29, 0.717) is 0 Å². The maximum atomic E-state index is 11.2. The Hall–Kier alpha value is -2.73. The number of carbonyl (C=O) groups is 1. The fourth-order valence-corrected chi connectivity index (χ4v) is 4.11. The molecule has 2 aromatic heterocycles. The van der Waals surface area contributed by atoms with Crippen LogP contribution in [-0.2, 0) is 11.2 Å². The van der Waals surface area contributed by atoms with Crippen LogP contribution in [-0.4, -0.2) is 36.4 Å². The third-order valence-electron chi connectivity index (χ3n) is 4.87. The molecule has 0 fully saturated rings. The van der Waals surface area contributed by atoms with Crippen LogP contribution in [0.3, 0.4) is 0 Å². The molecule has 4 rings (SSSR count). The number of hydrogen-bond acceptors (Lipinski definition) is 6. The smallest absolute Gasteiger partial charge is 0.182 e. The second-order valence-electron chi connectivity index (χ2n) is 6.39. The molecule has 0 radical (unpaired) electrons. The Balaban J connectivity index is 1.76. The van der Waals surface area contributed by atoms with E-state index in [1.165, 1.54) is 5.56 Å². The van der Waals surface area contributed by atoms with Crippen molar-refractivity contribution in [3.05, 3.63) is 47.5 Å². The van der Waals surface area contributed by atoms with Crippen LogP contribution in [0.15, 0.2) is 41.9 Å². The molecule has 5 nitrogen and oxygen atoms in total. The lowest BCUT2D eigenvalue weighted by molar-refractivity contribution is -0.109. The highest BCUT2D eigenvalue weighted by Crippen LogP contribution is 2.36. The van der Waals surface area contributed by atoms with Crippen molar-refractivity contribution >= 4 is 28.6 Å². The number of rotatable bonds is 4. The number of nitrogens with one attached hydrogen (secondary N) is 1. The molecule has 0 spiro atoms. The number of thiazole rings is 1. The van der Waals surface area contributed by atoms with Crippen LogP contribution >= 0.6 is 11.3 Å². The molecule has 0 aliphatic carbocycles. The van der Waals surface area contributed by atoms with E-state index in [-0.39, 0.29) is 6.04 Å². The molecule has 1 atom stereocenters. The fourth-order valence-electron chi connectivity index (χ4n) is 3.44. The van der Waals surface area contributed by atoms with Gasteiger partial charge >= 0.3 is 0 Å². The zero-order valence-electron chi connectivity index (χ0n) is 14.8. The summed E-state index contributed by atoms with van der Waals surface area (Å²) in [5.41, 5.74) is 5.45. The molecular formula is C20H20N4OS. The Labute approximate surface area is 156 Å². The van der Waals surface area contributed by atoms with Gasteiger partial charge in [0.2, 0.25) is 0 Å². The van der Waals surface area contributed by atoms with E-state index in [2.05, 4.69) is 38.9 Å². The highest BCUT2D eigenvalue weighted by atomic mass is 32.1. The molecule has 1 N–H and O–H groups in total. The summed E-state index contributed by atoms with van der Waals surface area (Å²) in [4.78, 5) is 22.5. The molecule has 0 saturated heterocycles. The molecule has 0 amide bonds. The van der Waals surface area contributed by atoms with E-state index in [1.807, 2.05) is 37.3 Å². The summed E-state index contributed by atoms with van der Waals surface area (Å²) in [5.74, 6) is 0.903. The van der Waals surface area contributed by atoms with E-state index in [0.717, 1.165) is 52.5 Å². The summed E-state index contributed by atoms with van der Waals surface area (Å²) in [7, 11) is 3.82. The van der Waals surface area contributed by atoms with Gasteiger partial charge in [-0.2, -0.15) is 0 Å². The number of hydrogen-bond donors (Lipinski definition) is 1. The van der Waals surface area contributed by atoms with Gasteiger partial charge in [0.25, 0.3) is 0 Å². The van der Waals surface area contributed by atoms with Crippen LogP contribution in [0.5, 0.6) is 0 Å². The molecule has 1 aromatic carbocycles. The van der Waals surface area contributed by atoms with Gasteiger partial charge in [0, 0.05) is 36.8 Å².